The van der Waals surface area contributed by atoms with Gasteiger partial charge in [0.25, 0.3) is 0 Å². The van der Waals surface area contributed by atoms with Crippen molar-refractivity contribution in [2.45, 2.75) is 6.42 Å². The maximum absolute atomic E-state index is 5.43. The summed E-state index contributed by atoms with van der Waals surface area (Å²) in [5.74, 6) is 0.970. The quantitative estimate of drug-likeness (QED) is 0.754. The fourth-order valence-electron chi connectivity index (χ4n) is 1.34. The molecule has 0 unspecified atom stereocenters. The predicted octanol–water partition coefficient (Wildman–Crippen LogP) is 2.06. The predicted molar refractivity (Wildman–Crippen MR) is 61.8 cm³/mol. The third-order valence-electron chi connectivity index (χ3n) is 2.05. The van der Waals surface area contributed by atoms with Crippen molar-refractivity contribution >= 4 is 27.2 Å². The second-order valence-electron chi connectivity index (χ2n) is 3.06. The Labute approximate surface area is 87.0 Å². The van der Waals surface area contributed by atoms with Crippen LogP contribution in [0.1, 0.15) is 6.42 Å². The normalized spacial score (nSPS) is 10.6. The minimum Gasteiger partial charge on any atom is -0.369 e. The summed E-state index contributed by atoms with van der Waals surface area (Å²) in [7, 11) is 0. The highest BCUT2D eigenvalue weighted by atomic mass is 32.1. The summed E-state index contributed by atoms with van der Waals surface area (Å²) in [5.41, 5.74) is 5.43. The van der Waals surface area contributed by atoms with Crippen LogP contribution in [0.4, 0.5) is 5.82 Å². The average molecular weight is 207 g/mol. The lowest BCUT2D eigenvalue weighted by molar-refractivity contribution is 0.871. The first-order valence-corrected chi connectivity index (χ1v) is 5.56. The van der Waals surface area contributed by atoms with Crippen LogP contribution in [0.25, 0.3) is 10.1 Å². The monoisotopic (exact) mass is 207 g/mol. The number of nitrogens with two attached hydrogens (primary N) is 1. The Kier molecular flexibility index (Phi) is 2.96. The molecule has 2 aromatic rings. The highest BCUT2D eigenvalue weighted by Gasteiger charge is 2.01. The molecule has 0 saturated carbocycles. The van der Waals surface area contributed by atoms with Crippen LogP contribution in [0.3, 0.4) is 0 Å². The van der Waals surface area contributed by atoms with E-state index in [1.807, 2.05) is 12.3 Å². The molecule has 3 nitrogen and oxygen atoms in total. The van der Waals surface area contributed by atoms with Crippen molar-refractivity contribution in [1.82, 2.24) is 4.98 Å². The van der Waals surface area contributed by atoms with E-state index in [2.05, 4.69) is 21.7 Å². The Morgan fingerprint density at radius 1 is 1.43 bits per heavy atom. The minimum atomic E-state index is 0.715. The molecule has 0 aromatic carbocycles. The number of anilines is 1. The van der Waals surface area contributed by atoms with Gasteiger partial charge in [0.2, 0.25) is 0 Å². The van der Waals surface area contributed by atoms with Crippen LogP contribution in [0.15, 0.2) is 23.7 Å². The maximum atomic E-state index is 5.43. The van der Waals surface area contributed by atoms with Crippen LogP contribution in [0, 0.1) is 0 Å². The van der Waals surface area contributed by atoms with Crippen molar-refractivity contribution in [3.8, 4) is 0 Å². The van der Waals surface area contributed by atoms with Gasteiger partial charge in [0.05, 0.1) is 0 Å². The molecule has 2 aromatic heterocycles. The molecule has 2 heterocycles. The Morgan fingerprint density at radius 3 is 3.21 bits per heavy atom. The average Bonchev–Trinajstić information content (AvgIpc) is 2.67. The van der Waals surface area contributed by atoms with Crippen LogP contribution in [0.5, 0.6) is 0 Å². The highest BCUT2D eigenvalue weighted by molar-refractivity contribution is 7.17. The molecule has 0 spiro atoms. The van der Waals surface area contributed by atoms with Crippen molar-refractivity contribution in [3.63, 3.8) is 0 Å². The number of aromatic nitrogens is 1. The van der Waals surface area contributed by atoms with Gasteiger partial charge in [-0.1, -0.05) is 0 Å². The summed E-state index contributed by atoms with van der Waals surface area (Å²) in [6, 6.07) is 4.13. The zero-order chi connectivity index (χ0) is 9.80. The van der Waals surface area contributed by atoms with E-state index in [9.17, 15) is 0 Å². The number of fused-ring (bicyclic) bond motifs is 1. The molecule has 0 bridgehead atoms. The lowest BCUT2D eigenvalue weighted by Crippen LogP contribution is -2.09. The summed E-state index contributed by atoms with van der Waals surface area (Å²) in [5, 5.41) is 6.58. The van der Waals surface area contributed by atoms with Crippen molar-refractivity contribution in [2.75, 3.05) is 18.4 Å². The lowest BCUT2D eigenvalue weighted by Gasteiger charge is -2.04. The van der Waals surface area contributed by atoms with Gasteiger partial charge in [-0.15, -0.1) is 11.3 Å². The van der Waals surface area contributed by atoms with E-state index in [4.69, 9.17) is 5.73 Å². The maximum Gasteiger partial charge on any atom is 0.134 e. The van der Waals surface area contributed by atoms with Crippen molar-refractivity contribution in [3.05, 3.63) is 23.7 Å². The largest absolute Gasteiger partial charge is 0.369 e. The smallest absolute Gasteiger partial charge is 0.134 e. The molecule has 74 valence electrons. The van der Waals surface area contributed by atoms with Gasteiger partial charge in [-0.25, -0.2) is 4.98 Å². The van der Waals surface area contributed by atoms with Crippen LogP contribution in [-0.2, 0) is 0 Å². The number of hydrogen-bond acceptors (Lipinski definition) is 4. The number of rotatable bonds is 4. The zero-order valence-electron chi connectivity index (χ0n) is 7.86. The van der Waals surface area contributed by atoms with Gasteiger partial charge in [0, 0.05) is 22.8 Å². The molecule has 0 atom stereocenters. The zero-order valence-corrected chi connectivity index (χ0v) is 8.68. The molecular weight excluding hydrogens is 194 g/mol. The fraction of sp³-hybridized carbons (Fsp3) is 0.300. The summed E-state index contributed by atoms with van der Waals surface area (Å²) in [6.45, 7) is 1.60. The number of hydrogen-bond donors (Lipinski definition) is 2. The Balaban J connectivity index is 2.19. The van der Waals surface area contributed by atoms with Crippen molar-refractivity contribution in [2.24, 2.45) is 5.73 Å². The van der Waals surface area contributed by atoms with Crippen LogP contribution < -0.4 is 11.1 Å². The van der Waals surface area contributed by atoms with Gasteiger partial charge in [-0.3, -0.25) is 0 Å². The van der Waals surface area contributed by atoms with Crippen LogP contribution in [-0.4, -0.2) is 18.1 Å². The summed E-state index contributed by atoms with van der Waals surface area (Å²) < 4.78 is 1.27. The first-order valence-electron chi connectivity index (χ1n) is 4.68. The van der Waals surface area contributed by atoms with E-state index in [0.717, 1.165) is 18.8 Å². The Bertz CT molecular complexity index is 410. The van der Waals surface area contributed by atoms with Gasteiger partial charge in [-0.05, 0) is 30.5 Å². The van der Waals surface area contributed by atoms with Gasteiger partial charge in [0.1, 0.15) is 5.82 Å². The molecule has 4 heteroatoms. The molecule has 2 rings (SSSR count). The topological polar surface area (TPSA) is 50.9 Å². The van der Waals surface area contributed by atoms with E-state index in [1.165, 1.54) is 10.1 Å². The Morgan fingerprint density at radius 2 is 2.36 bits per heavy atom. The van der Waals surface area contributed by atoms with Gasteiger partial charge < -0.3 is 11.1 Å². The first kappa shape index (κ1) is 9.43. The number of thiophene rings is 1. The molecule has 0 amide bonds. The van der Waals surface area contributed by atoms with Crippen LogP contribution >= 0.6 is 11.3 Å². The molecule has 14 heavy (non-hydrogen) atoms. The highest BCUT2D eigenvalue weighted by Crippen LogP contribution is 2.25. The van der Waals surface area contributed by atoms with Gasteiger partial charge >= 0.3 is 0 Å². The summed E-state index contributed by atoms with van der Waals surface area (Å²) >= 11 is 1.74. The molecule has 0 aliphatic heterocycles. The summed E-state index contributed by atoms with van der Waals surface area (Å²) in [4.78, 5) is 4.31. The van der Waals surface area contributed by atoms with Crippen molar-refractivity contribution < 1.29 is 0 Å². The third kappa shape index (κ3) is 1.86. The van der Waals surface area contributed by atoms with Crippen molar-refractivity contribution in [1.29, 1.82) is 0 Å². The molecule has 3 N–H and O–H groups in total. The number of nitrogens with zero attached hydrogens (tertiary/aromatic N) is 1. The van der Waals surface area contributed by atoms with Crippen LogP contribution in [0.2, 0.25) is 0 Å². The molecule has 0 fully saturated rings. The number of pyridine rings is 1. The first-order chi connectivity index (χ1) is 6.92. The molecule has 0 aliphatic rings. The molecule has 0 aliphatic carbocycles. The van der Waals surface area contributed by atoms with E-state index in [1.54, 1.807) is 11.3 Å². The SMILES string of the molecule is NCCCNc1nccc2sccc12. The second-order valence-corrected chi connectivity index (χ2v) is 4.01. The summed E-state index contributed by atoms with van der Waals surface area (Å²) in [6.07, 6.45) is 2.81. The lowest BCUT2D eigenvalue weighted by atomic mass is 10.3. The van der Waals surface area contributed by atoms with E-state index >= 15 is 0 Å². The van der Waals surface area contributed by atoms with E-state index in [-0.39, 0.29) is 0 Å². The van der Waals surface area contributed by atoms with Gasteiger partial charge in [0.15, 0.2) is 0 Å². The Hall–Kier alpha value is -1.13. The number of nitrogens with one attached hydrogen (secondary N) is 1. The van der Waals surface area contributed by atoms with E-state index < -0.39 is 0 Å². The molecular formula is C10H13N3S. The molecule has 0 radical (unpaired) electrons. The minimum absolute atomic E-state index is 0.715. The van der Waals surface area contributed by atoms with E-state index in [0.29, 0.717) is 6.54 Å². The fourth-order valence-corrected chi connectivity index (χ4v) is 2.13. The van der Waals surface area contributed by atoms with Gasteiger partial charge in [-0.2, -0.15) is 0 Å². The molecule has 0 saturated heterocycles. The second kappa shape index (κ2) is 4.39. The third-order valence-corrected chi connectivity index (χ3v) is 2.94. The standard InChI is InChI=1S/C10H13N3S/c11-4-1-5-12-10-8-3-7-14-9(8)2-6-13-10/h2-3,6-7H,1,4-5,11H2,(H,12,13).